The van der Waals surface area contributed by atoms with E-state index in [-0.39, 0.29) is 58.1 Å². The maximum Gasteiger partial charge on any atom is 0.296 e. The smallest absolute Gasteiger partial charge is 0.296 e. The van der Waals surface area contributed by atoms with Crippen LogP contribution in [-0.4, -0.2) is 70.6 Å². The summed E-state index contributed by atoms with van der Waals surface area (Å²) in [6.07, 6.45) is -0.119. The highest BCUT2D eigenvalue weighted by Crippen LogP contribution is 2.45. The number of hydrogen-bond acceptors (Lipinski definition) is 15. The third-order valence-corrected chi connectivity index (χ3v) is 10.9. The number of benzene rings is 6. The van der Waals surface area contributed by atoms with E-state index in [1.54, 1.807) is 18.2 Å². The Bertz CT molecular complexity index is 2950. The van der Waals surface area contributed by atoms with Crippen LogP contribution in [0.2, 0.25) is 0 Å². The van der Waals surface area contributed by atoms with Gasteiger partial charge in [0.05, 0.1) is 37.2 Å². The molecule has 0 heterocycles. The lowest BCUT2D eigenvalue weighted by Gasteiger charge is -2.12. The maximum atomic E-state index is 12.5. The number of aromatic hydroxyl groups is 1. The third kappa shape index (κ3) is 9.82. The first kappa shape index (κ1) is 41.4. The predicted octanol–water partition coefficient (Wildman–Crippen LogP) is 8.44. The van der Waals surface area contributed by atoms with Crippen molar-refractivity contribution in [3.05, 3.63) is 97.1 Å². The number of phenolic OH excluding ortho intramolecular Hbond substituents is 1. The van der Waals surface area contributed by atoms with Crippen LogP contribution in [0.1, 0.15) is 6.42 Å². The molecule has 0 aliphatic rings. The Morgan fingerprint density at radius 3 is 1.91 bits per heavy atom. The van der Waals surface area contributed by atoms with Crippen molar-refractivity contribution in [2.45, 2.75) is 16.2 Å². The second-order valence-corrected chi connectivity index (χ2v) is 16.7. The van der Waals surface area contributed by atoms with Gasteiger partial charge in [0.25, 0.3) is 30.4 Å². The van der Waals surface area contributed by atoms with Gasteiger partial charge in [0.2, 0.25) is 0 Å². The summed E-state index contributed by atoms with van der Waals surface area (Å²) in [6.45, 7) is -0.221. The van der Waals surface area contributed by atoms with Gasteiger partial charge in [-0.1, -0.05) is 24.3 Å². The van der Waals surface area contributed by atoms with Gasteiger partial charge in [-0.25, -0.2) is 0 Å². The fourth-order valence-corrected chi connectivity index (χ4v) is 7.36. The lowest BCUT2D eigenvalue weighted by atomic mass is 10.1. The van der Waals surface area contributed by atoms with E-state index in [0.717, 1.165) is 17.8 Å². The number of nitrogens with zero attached hydrogens (tertiary/aromatic N) is 4. The molecule has 0 spiro atoms. The van der Waals surface area contributed by atoms with Crippen molar-refractivity contribution in [1.82, 2.24) is 0 Å². The molecule has 0 atom stereocenters. The normalized spacial score (nSPS) is 12.4. The number of anilines is 2. The van der Waals surface area contributed by atoms with Gasteiger partial charge >= 0.3 is 0 Å². The monoisotopic (exact) mass is 851 g/mol. The molecule has 0 amide bonds. The van der Waals surface area contributed by atoms with Gasteiger partial charge in [-0.15, -0.1) is 15.3 Å². The topological polar surface area (TPSA) is 272 Å². The van der Waals surface area contributed by atoms with Crippen LogP contribution in [0.25, 0.3) is 21.5 Å². The van der Waals surface area contributed by atoms with E-state index in [4.69, 9.17) is 18.8 Å². The highest BCUT2D eigenvalue weighted by molar-refractivity contribution is 7.86. The summed E-state index contributed by atoms with van der Waals surface area (Å²) in [6, 6.07) is 24.7. The van der Waals surface area contributed by atoms with Crippen LogP contribution in [-0.2, 0) is 30.4 Å². The minimum Gasteiger partial charge on any atom is -0.505 e. The molecule has 6 rings (SSSR count). The molecule has 0 aliphatic heterocycles. The van der Waals surface area contributed by atoms with Crippen molar-refractivity contribution in [2.75, 3.05) is 31.9 Å². The summed E-state index contributed by atoms with van der Waals surface area (Å²) in [5.74, 6) is -1.00. The molecule has 302 valence electrons. The molecule has 0 aliphatic carbocycles. The number of para-hydroxylation sites is 1. The molecule has 0 saturated heterocycles. The second kappa shape index (κ2) is 16.7. The van der Waals surface area contributed by atoms with Crippen LogP contribution in [0.4, 0.5) is 34.1 Å². The molecule has 6 aromatic carbocycles. The Hall–Kier alpha value is -6.23. The van der Waals surface area contributed by atoms with Gasteiger partial charge < -0.3 is 24.6 Å². The quantitative estimate of drug-likeness (QED) is 0.0368. The van der Waals surface area contributed by atoms with Gasteiger partial charge in [0, 0.05) is 40.3 Å². The lowest BCUT2D eigenvalue weighted by Crippen LogP contribution is -2.09. The van der Waals surface area contributed by atoms with Crippen molar-refractivity contribution >= 4 is 86.0 Å². The standard InChI is InChI=1S/C37H33N5O13S3/c1-53-33-21-31(41-42-36-35(58(50,51)52)17-23-15-25(11-12-28(23)37(36)43)38-24-7-4-3-5-8-24)34(54-2)20-30(33)40-39-26-10-9-22-16-27(57(47,48)49)19-32(29(22)18-26)55-13-6-14-56(44,45)46/h3-5,7-12,15-21,38,43H,6,13-14H2,1-2H3,(H,44,45,46)(H,47,48,49)(H,50,51,52). The summed E-state index contributed by atoms with van der Waals surface area (Å²) in [7, 11) is -11.2. The van der Waals surface area contributed by atoms with Gasteiger partial charge in [-0.2, -0.15) is 30.4 Å². The average Bonchev–Trinajstić information content (AvgIpc) is 3.17. The highest BCUT2D eigenvalue weighted by Gasteiger charge is 2.23. The van der Waals surface area contributed by atoms with Crippen molar-refractivity contribution in [3.8, 4) is 23.0 Å². The number of hydrogen-bond donors (Lipinski definition) is 5. The Kier molecular flexibility index (Phi) is 11.9. The number of fused-ring (bicyclic) bond motifs is 2. The van der Waals surface area contributed by atoms with E-state index in [1.165, 1.54) is 50.6 Å². The molecule has 0 saturated carbocycles. The molecule has 5 N–H and O–H groups in total. The Morgan fingerprint density at radius 2 is 1.29 bits per heavy atom. The molecule has 6 aromatic rings. The first-order valence-electron chi connectivity index (χ1n) is 16.8. The fraction of sp³-hybridized carbons (Fsp3) is 0.135. The van der Waals surface area contributed by atoms with E-state index in [2.05, 4.69) is 25.8 Å². The molecule has 18 nitrogen and oxygen atoms in total. The van der Waals surface area contributed by atoms with Gasteiger partial charge in [0.1, 0.15) is 39.2 Å². The summed E-state index contributed by atoms with van der Waals surface area (Å²) >= 11 is 0. The number of phenols is 1. The van der Waals surface area contributed by atoms with Crippen LogP contribution in [0.3, 0.4) is 0 Å². The average molecular weight is 852 g/mol. The molecule has 0 radical (unpaired) electrons. The maximum absolute atomic E-state index is 12.5. The van der Waals surface area contributed by atoms with Crippen LogP contribution < -0.4 is 19.5 Å². The minimum atomic E-state index is -4.92. The summed E-state index contributed by atoms with van der Waals surface area (Å²) < 4.78 is 117. The molecule has 21 heteroatoms. The molecule has 0 bridgehead atoms. The molecular weight excluding hydrogens is 819 g/mol. The summed E-state index contributed by atoms with van der Waals surface area (Å²) in [5.41, 5.74) is 1.21. The van der Waals surface area contributed by atoms with E-state index in [1.807, 2.05) is 30.3 Å². The number of rotatable bonds is 15. The van der Waals surface area contributed by atoms with Gasteiger partial charge in [-0.05, 0) is 71.8 Å². The SMILES string of the molecule is COc1cc(N=Nc2c(S(=O)(=O)O)cc3cc(Nc4ccccc4)ccc3c2O)c(OC)cc1N=Nc1ccc2cc(S(=O)(=O)O)cc(OCCCS(=O)(=O)O)c2c1. The minimum absolute atomic E-state index is 0.0117. The number of ether oxygens (including phenoxy) is 3. The fourth-order valence-electron chi connectivity index (χ4n) is 5.69. The van der Waals surface area contributed by atoms with Crippen LogP contribution in [0.5, 0.6) is 23.0 Å². The number of methoxy groups -OCH3 is 2. The van der Waals surface area contributed by atoms with Crippen molar-refractivity contribution in [1.29, 1.82) is 0 Å². The van der Waals surface area contributed by atoms with E-state index in [9.17, 15) is 39.5 Å². The van der Waals surface area contributed by atoms with Crippen molar-refractivity contribution < 1.29 is 58.2 Å². The zero-order chi connectivity index (χ0) is 41.8. The van der Waals surface area contributed by atoms with Crippen molar-refractivity contribution in [2.24, 2.45) is 20.5 Å². The van der Waals surface area contributed by atoms with Crippen LogP contribution in [0.15, 0.2) is 127 Å². The van der Waals surface area contributed by atoms with Crippen LogP contribution >= 0.6 is 0 Å². The van der Waals surface area contributed by atoms with Crippen molar-refractivity contribution in [3.63, 3.8) is 0 Å². The predicted molar refractivity (Wildman–Crippen MR) is 213 cm³/mol. The first-order valence-corrected chi connectivity index (χ1v) is 21.2. The molecule has 0 fully saturated rings. The molecule has 0 unspecified atom stereocenters. The molecule has 0 aromatic heterocycles. The second-order valence-electron chi connectivity index (χ2n) is 12.4. The molecule has 58 heavy (non-hydrogen) atoms. The number of azo groups is 2. The Labute approximate surface area is 331 Å². The van der Waals surface area contributed by atoms with Crippen LogP contribution in [0, 0.1) is 0 Å². The van der Waals surface area contributed by atoms with E-state index >= 15 is 0 Å². The molecular formula is C37H33N5O13S3. The Balaban J connectivity index is 1.32. The van der Waals surface area contributed by atoms with E-state index in [0.29, 0.717) is 16.5 Å². The van der Waals surface area contributed by atoms with Gasteiger partial charge in [0.15, 0.2) is 5.75 Å². The zero-order valence-corrected chi connectivity index (χ0v) is 32.8. The summed E-state index contributed by atoms with van der Waals surface area (Å²) in [5, 5.41) is 32.2. The zero-order valence-electron chi connectivity index (χ0n) is 30.3. The van der Waals surface area contributed by atoms with E-state index < -0.39 is 57.3 Å². The first-order chi connectivity index (χ1) is 27.4. The Morgan fingerprint density at radius 1 is 0.621 bits per heavy atom. The lowest BCUT2D eigenvalue weighted by molar-refractivity contribution is 0.319. The van der Waals surface area contributed by atoms with Gasteiger partial charge in [-0.3, -0.25) is 13.7 Å². The highest BCUT2D eigenvalue weighted by atomic mass is 32.2. The number of nitrogens with one attached hydrogen (secondary N) is 1. The summed E-state index contributed by atoms with van der Waals surface area (Å²) in [4.78, 5) is -1.17. The third-order valence-electron chi connectivity index (χ3n) is 8.38. The largest absolute Gasteiger partial charge is 0.505 e.